The monoisotopic (exact) mass is 351 g/mol. The highest BCUT2D eigenvalue weighted by atomic mass is 16.2. The van der Waals surface area contributed by atoms with Gasteiger partial charge in [0.25, 0.3) is 0 Å². The first-order valence-electron chi connectivity index (χ1n) is 9.02. The zero-order chi connectivity index (χ0) is 18.6. The third-order valence-electron chi connectivity index (χ3n) is 4.81. The molecule has 1 fully saturated rings. The molecule has 6 heteroatoms. The Labute approximate surface area is 154 Å². The molecule has 0 saturated carbocycles. The molecule has 1 aliphatic rings. The molecule has 1 aromatic carbocycles. The van der Waals surface area contributed by atoms with Crippen LogP contribution in [0.4, 0.5) is 5.82 Å². The van der Waals surface area contributed by atoms with E-state index in [-0.39, 0.29) is 24.0 Å². The Kier molecular flexibility index (Phi) is 5.38. The molecule has 2 aromatic rings. The first kappa shape index (κ1) is 18.2. The van der Waals surface area contributed by atoms with E-state index in [9.17, 15) is 4.79 Å². The van der Waals surface area contributed by atoms with Crippen molar-refractivity contribution in [2.24, 2.45) is 0 Å². The largest absolute Gasteiger partial charge is 0.368 e. The second-order valence-corrected chi connectivity index (χ2v) is 7.35. The lowest BCUT2D eigenvalue weighted by molar-refractivity contribution is -0.130. The second-order valence-electron chi connectivity index (χ2n) is 7.35. The van der Waals surface area contributed by atoms with Gasteiger partial charge in [-0.15, -0.1) is 0 Å². The second kappa shape index (κ2) is 7.71. The van der Waals surface area contributed by atoms with Gasteiger partial charge in [0.2, 0.25) is 5.91 Å². The summed E-state index contributed by atoms with van der Waals surface area (Å²) in [6.45, 7) is 5.63. The van der Waals surface area contributed by atoms with Crippen LogP contribution < -0.4 is 10.6 Å². The zero-order valence-corrected chi connectivity index (χ0v) is 15.3. The molecule has 0 spiro atoms. The number of benzene rings is 1. The summed E-state index contributed by atoms with van der Waals surface area (Å²) in [6.07, 6.45) is 3.48. The van der Waals surface area contributed by atoms with Gasteiger partial charge >= 0.3 is 0 Å². The van der Waals surface area contributed by atoms with Gasteiger partial charge in [-0.2, -0.15) is 5.26 Å². The highest BCUT2D eigenvalue weighted by Crippen LogP contribution is 2.21. The van der Waals surface area contributed by atoms with Crippen molar-refractivity contribution < 1.29 is 4.79 Å². The van der Waals surface area contributed by atoms with E-state index in [2.05, 4.69) is 27.8 Å². The Balaban J connectivity index is 1.57. The number of amides is 1. The summed E-state index contributed by atoms with van der Waals surface area (Å²) in [4.78, 5) is 18.5. The maximum atomic E-state index is 12.4. The van der Waals surface area contributed by atoms with Crippen LogP contribution in [-0.4, -0.2) is 47.0 Å². The maximum absolute atomic E-state index is 12.4. The van der Waals surface area contributed by atoms with Crippen molar-refractivity contribution in [3.05, 3.63) is 36.5 Å². The molecule has 1 aliphatic heterocycles. The number of hydrogen-bond donors (Lipinski definition) is 2. The molecule has 0 unspecified atom stereocenters. The number of hydrogen-bond acceptors (Lipinski definition) is 5. The quantitative estimate of drug-likeness (QED) is 0.836. The molecule has 2 heterocycles. The molecule has 136 valence electrons. The van der Waals surface area contributed by atoms with Gasteiger partial charge in [0.1, 0.15) is 11.9 Å². The molecule has 1 atom stereocenters. The molecule has 2 N–H and O–H groups in total. The molecule has 0 bridgehead atoms. The number of likely N-dealkylation sites (tertiary alicyclic amines) is 1. The van der Waals surface area contributed by atoms with Crippen LogP contribution in [0.25, 0.3) is 10.8 Å². The molecule has 3 rings (SSSR count). The van der Waals surface area contributed by atoms with Gasteiger partial charge in [-0.25, -0.2) is 4.98 Å². The highest BCUT2D eigenvalue weighted by molar-refractivity contribution is 5.91. The summed E-state index contributed by atoms with van der Waals surface area (Å²) in [5.41, 5.74) is -0.295. The van der Waals surface area contributed by atoms with Crippen molar-refractivity contribution in [2.75, 3.05) is 25.0 Å². The average Bonchev–Trinajstić information content (AvgIpc) is 3.13. The Hall–Kier alpha value is -2.65. The van der Waals surface area contributed by atoms with Crippen LogP contribution in [0.1, 0.15) is 26.7 Å². The third kappa shape index (κ3) is 4.12. The molecule has 0 aliphatic carbocycles. The minimum atomic E-state index is -0.295. The molecule has 6 nitrogen and oxygen atoms in total. The first-order valence-corrected chi connectivity index (χ1v) is 9.02. The first-order chi connectivity index (χ1) is 12.5. The van der Waals surface area contributed by atoms with Gasteiger partial charge in [-0.3, -0.25) is 4.79 Å². The van der Waals surface area contributed by atoms with Crippen molar-refractivity contribution in [3.63, 3.8) is 0 Å². The van der Waals surface area contributed by atoms with Crippen molar-refractivity contribution in [1.82, 2.24) is 15.2 Å². The fourth-order valence-corrected chi connectivity index (χ4v) is 3.24. The molecular weight excluding hydrogens is 326 g/mol. The van der Waals surface area contributed by atoms with Crippen LogP contribution in [0, 0.1) is 11.3 Å². The number of anilines is 1. The standard InChI is InChI=1S/C20H25N5O/c1-20(2,24-13-18(26)25-11-5-7-16(25)12-21)14-23-19-17-8-4-3-6-15(17)9-10-22-19/h3-4,6,8-10,16,24H,5,7,11,13-14H2,1-2H3,(H,22,23)/t16-/m0/s1. The normalized spacial score (nSPS) is 17.3. The van der Waals surface area contributed by atoms with Crippen molar-refractivity contribution in [1.29, 1.82) is 5.26 Å². The van der Waals surface area contributed by atoms with E-state index in [1.165, 1.54) is 0 Å². The molecule has 1 amide bonds. The summed E-state index contributed by atoms with van der Waals surface area (Å²) in [6, 6.07) is 12.0. The number of nitrogens with one attached hydrogen (secondary N) is 2. The van der Waals surface area contributed by atoms with E-state index >= 15 is 0 Å². The topological polar surface area (TPSA) is 81.1 Å². The van der Waals surface area contributed by atoms with Gasteiger partial charge in [0, 0.05) is 30.2 Å². The number of fused-ring (bicyclic) bond motifs is 1. The van der Waals surface area contributed by atoms with Crippen LogP contribution in [0.15, 0.2) is 36.5 Å². The van der Waals surface area contributed by atoms with Crippen molar-refractivity contribution in [3.8, 4) is 6.07 Å². The van der Waals surface area contributed by atoms with E-state index in [1.54, 1.807) is 11.1 Å². The molecule has 1 saturated heterocycles. The lowest BCUT2D eigenvalue weighted by Gasteiger charge is -2.28. The Morgan fingerprint density at radius 3 is 3.00 bits per heavy atom. The number of carbonyl (C=O) groups excluding carboxylic acids is 1. The van der Waals surface area contributed by atoms with Crippen LogP contribution in [0.5, 0.6) is 0 Å². The number of aromatic nitrogens is 1. The van der Waals surface area contributed by atoms with Gasteiger partial charge in [0.15, 0.2) is 0 Å². The minimum Gasteiger partial charge on any atom is -0.368 e. The van der Waals surface area contributed by atoms with E-state index in [1.807, 2.05) is 38.1 Å². The number of carbonyl (C=O) groups is 1. The van der Waals surface area contributed by atoms with Gasteiger partial charge in [0.05, 0.1) is 12.6 Å². The lowest BCUT2D eigenvalue weighted by Crippen LogP contribution is -2.50. The van der Waals surface area contributed by atoms with E-state index < -0.39 is 0 Å². The fourth-order valence-electron chi connectivity index (χ4n) is 3.24. The summed E-state index contributed by atoms with van der Waals surface area (Å²) < 4.78 is 0. The van der Waals surface area contributed by atoms with E-state index in [0.29, 0.717) is 13.1 Å². The number of rotatable bonds is 6. The average molecular weight is 351 g/mol. The molecule has 1 aromatic heterocycles. The fraction of sp³-hybridized carbons (Fsp3) is 0.450. The molecular formula is C20H25N5O. The Bertz CT molecular complexity index is 821. The third-order valence-corrected chi connectivity index (χ3v) is 4.81. The van der Waals surface area contributed by atoms with Crippen LogP contribution >= 0.6 is 0 Å². The zero-order valence-electron chi connectivity index (χ0n) is 15.3. The number of nitriles is 1. The minimum absolute atomic E-state index is 0.00888. The smallest absolute Gasteiger partial charge is 0.237 e. The van der Waals surface area contributed by atoms with Crippen molar-refractivity contribution >= 4 is 22.5 Å². The molecule has 0 radical (unpaired) electrons. The van der Waals surface area contributed by atoms with Gasteiger partial charge in [-0.05, 0) is 38.1 Å². The SMILES string of the molecule is CC(C)(CNc1nccc2ccccc12)NCC(=O)N1CCC[C@H]1C#N. The number of pyridine rings is 1. The van der Waals surface area contributed by atoms with E-state index in [4.69, 9.17) is 5.26 Å². The van der Waals surface area contributed by atoms with Crippen molar-refractivity contribution in [2.45, 2.75) is 38.3 Å². The summed E-state index contributed by atoms with van der Waals surface area (Å²) in [5.74, 6) is 0.832. The summed E-state index contributed by atoms with van der Waals surface area (Å²) >= 11 is 0. The van der Waals surface area contributed by atoms with Crippen LogP contribution in [0.2, 0.25) is 0 Å². The van der Waals surface area contributed by atoms with Crippen LogP contribution in [-0.2, 0) is 4.79 Å². The Morgan fingerprint density at radius 2 is 2.19 bits per heavy atom. The van der Waals surface area contributed by atoms with Gasteiger partial charge in [-0.1, -0.05) is 24.3 Å². The van der Waals surface area contributed by atoms with Gasteiger partial charge < -0.3 is 15.5 Å². The Morgan fingerprint density at radius 1 is 1.38 bits per heavy atom. The summed E-state index contributed by atoms with van der Waals surface area (Å²) in [5, 5.41) is 18.0. The van der Waals surface area contributed by atoms with Crippen LogP contribution in [0.3, 0.4) is 0 Å². The predicted octanol–water partition coefficient (Wildman–Crippen LogP) is 2.53. The highest BCUT2D eigenvalue weighted by Gasteiger charge is 2.29. The van der Waals surface area contributed by atoms with E-state index in [0.717, 1.165) is 29.4 Å². The molecule has 26 heavy (non-hydrogen) atoms. The summed E-state index contributed by atoms with van der Waals surface area (Å²) in [7, 11) is 0. The lowest BCUT2D eigenvalue weighted by atomic mass is 10.1. The number of nitrogens with zero attached hydrogens (tertiary/aromatic N) is 3. The maximum Gasteiger partial charge on any atom is 0.237 e. The predicted molar refractivity (Wildman–Crippen MR) is 103 cm³/mol.